The Kier molecular flexibility index (Phi) is 2.60. The summed E-state index contributed by atoms with van der Waals surface area (Å²) >= 11 is 0. The second-order valence-electron chi connectivity index (χ2n) is 3.74. The van der Waals surface area contributed by atoms with Crippen LogP contribution in [-0.2, 0) is 0 Å². The average molecular weight is 215 g/mol. The number of ketones is 1. The zero-order valence-corrected chi connectivity index (χ0v) is 9.57. The number of benzene rings is 1. The average Bonchev–Trinajstić information content (AvgIpc) is 2.27. The van der Waals surface area contributed by atoms with E-state index in [2.05, 4.69) is 4.98 Å². The third-order valence-corrected chi connectivity index (χ3v) is 2.59. The van der Waals surface area contributed by atoms with Gasteiger partial charge in [0, 0.05) is 22.7 Å². The lowest BCUT2D eigenvalue weighted by atomic mass is 10.1. The zero-order valence-electron chi connectivity index (χ0n) is 9.57. The highest BCUT2D eigenvalue weighted by Crippen LogP contribution is 2.21. The number of Topliss-reactive ketones (excluding diaryl/α,β-unsaturated/α-hetero) is 1. The number of fused-ring (bicyclic) bond motifs is 1. The molecule has 1 aromatic heterocycles. The topological polar surface area (TPSA) is 39.2 Å². The van der Waals surface area contributed by atoms with Crippen LogP contribution in [0.2, 0.25) is 0 Å². The van der Waals surface area contributed by atoms with Crippen molar-refractivity contribution < 1.29 is 9.53 Å². The van der Waals surface area contributed by atoms with Crippen LogP contribution in [0.25, 0.3) is 10.9 Å². The molecule has 0 aliphatic rings. The van der Waals surface area contributed by atoms with E-state index >= 15 is 0 Å². The molecule has 0 radical (unpaired) electrons. The fraction of sp³-hybridized carbons (Fsp3) is 0.231. The monoisotopic (exact) mass is 215 g/mol. The minimum absolute atomic E-state index is 0.0442. The highest BCUT2D eigenvalue weighted by molar-refractivity contribution is 5.98. The standard InChI is InChI=1S/C13H13NO2/c1-8-12(9(2)15)6-10-4-5-11(16-3)7-13(10)14-8/h4-7H,1-3H3. The van der Waals surface area contributed by atoms with E-state index in [-0.39, 0.29) is 5.78 Å². The van der Waals surface area contributed by atoms with Gasteiger partial charge in [-0.2, -0.15) is 0 Å². The molecular formula is C13H13NO2. The van der Waals surface area contributed by atoms with Crippen LogP contribution in [0.1, 0.15) is 23.0 Å². The fourth-order valence-corrected chi connectivity index (χ4v) is 1.73. The van der Waals surface area contributed by atoms with Gasteiger partial charge in [-0.15, -0.1) is 0 Å². The molecule has 0 aliphatic heterocycles. The number of nitrogens with zero attached hydrogens (tertiary/aromatic N) is 1. The largest absolute Gasteiger partial charge is 0.497 e. The van der Waals surface area contributed by atoms with Crippen LogP contribution in [0.4, 0.5) is 0 Å². The van der Waals surface area contributed by atoms with Crippen LogP contribution >= 0.6 is 0 Å². The SMILES string of the molecule is COc1ccc2cc(C(C)=O)c(C)nc2c1. The van der Waals surface area contributed by atoms with Crippen LogP contribution in [0.5, 0.6) is 5.75 Å². The van der Waals surface area contributed by atoms with Gasteiger partial charge in [-0.05, 0) is 32.0 Å². The van der Waals surface area contributed by atoms with Gasteiger partial charge in [0.1, 0.15) is 5.75 Å². The third-order valence-electron chi connectivity index (χ3n) is 2.59. The molecule has 0 saturated carbocycles. The highest BCUT2D eigenvalue weighted by Gasteiger charge is 2.07. The van der Waals surface area contributed by atoms with Gasteiger partial charge in [0.25, 0.3) is 0 Å². The molecule has 0 unspecified atom stereocenters. The first-order valence-corrected chi connectivity index (χ1v) is 5.08. The van der Waals surface area contributed by atoms with Gasteiger partial charge >= 0.3 is 0 Å². The molecule has 0 spiro atoms. The van der Waals surface area contributed by atoms with Crippen molar-refractivity contribution in [3.63, 3.8) is 0 Å². The molecule has 2 aromatic rings. The summed E-state index contributed by atoms with van der Waals surface area (Å²) in [6.07, 6.45) is 0. The first-order valence-electron chi connectivity index (χ1n) is 5.08. The Balaban J connectivity index is 2.68. The van der Waals surface area contributed by atoms with Crippen LogP contribution in [0, 0.1) is 6.92 Å². The molecule has 82 valence electrons. The number of pyridine rings is 1. The van der Waals surface area contributed by atoms with E-state index in [1.54, 1.807) is 14.0 Å². The van der Waals surface area contributed by atoms with Gasteiger partial charge in [0.2, 0.25) is 0 Å². The lowest BCUT2D eigenvalue weighted by molar-refractivity contribution is 0.101. The molecule has 0 aliphatic carbocycles. The third kappa shape index (κ3) is 1.76. The van der Waals surface area contributed by atoms with E-state index in [0.29, 0.717) is 5.56 Å². The zero-order chi connectivity index (χ0) is 11.7. The smallest absolute Gasteiger partial charge is 0.161 e. The summed E-state index contributed by atoms with van der Waals surface area (Å²) in [5.41, 5.74) is 2.28. The van der Waals surface area contributed by atoms with Crippen LogP contribution in [0.3, 0.4) is 0 Å². The molecular weight excluding hydrogens is 202 g/mol. The fourth-order valence-electron chi connectivity index (χ4n) is 1.73. The minimum atomic E-state index is 0.0442. The molecule has 0 amide bonds. The van der Waals surface area contributed by atoms with Crippen molar-refractivity contribution in [1.82, 2.24) is 4.98 Å². The van der Waals surface area contributed by atoms with Crippen molar-refractivity contribution in [3.8, 4) is 5.75 Å². The van der Waals surface area contributed by atoms with E-state index in [1.165, 1.54) is 0 Å². The number of carbonyl (C=O) groups excluding carboxylic acids is 1. The summed E-state index contributed by atoms with van der Waals surface area (Å²) in [4.78, 5) is 15.8. The molecule has 0 saturated heterocycles. The van der Waals surface area contributed by atoms with Crippen molar-refractivity contribution in [1.29, 1.82) is 0 Å². The maximum absolute atomic E-state index is 11.4. The minimum Gasteiger partial charge on any atom is -0.497 e. The number of hydrogen-bond donors (Lipinski definition) is 0. The molecule has 0 atom stereocenters. The Morgan fingerprint density at radius 2 is 2.06 bits per heavy atom. The molecule has 2 rings (SSSR count). The number of rotatable bonds is 2. The van der Waals surface area contributed by atoms with Gasteiger partial charge in [-0.25, -0.2) is 0 Å². The van der Waals surface area contributed by atoms with Crippen molar-refractivity contribution in [3.05, 3.63) is 35.5 Å². The Hall–Kier alpha value is -1.90. The molecule has 1 heterocycles. The summed E-state index contributed by atoms with van der Waals surface area (Å²) in [5, 5.41) is 0.955. The molecule has 0 fully saturated rings. The maximum atomic E-state index is 11.4. The van der Waals surface area contributed by atoms with Crippen LogP contribution < -0.4 is 4.74 Å². The number of methoxy groups -OCH3 is 1. The summed E-state index contributed by atoms with van der Waals surface area (Å²) < 4.78 is 5.13. The Morgan fingerprint density at radius 3 is 2.69 bits per heavy atom. The summed E-state index contributed by atoms with van der Waals surface area (Å²) in [7, 11) is 1.62. The second-order valence-corrected chi connectivity index (χ2v) is 3.74. The number of carbonyl (C=O) groups is 1. The highest BCUT2D eigenvalue weighted by atomic mass is 16.5. The van der Waals surface area contributed by atoms with Crippen molar-refractivity contribution in [2.75, 3.05) is 7.11 Å². The molecule has 1 aromatic carbocycles. The van der Waals surface area contributed by atoms with Gasteiger partial charge in [0.05, 0.1) is 12.6 Å². The molecule has 16 heavy (non-hydrogen) atoms. The van der Waals surface area contributed by atoms with Crippen molar-refractivity contribution >= 4 is 16.7 Å². The van der Waals surface area contributed by atoms with Crippen molar-refractivity contribution in [2.24, 2.45) is 0 Å². The number of hydrogen-bond acceptors (Lipinski definition) is 3. The van der Waals surface area contributed by atoms with Gasteiger partial charge in [0.15, 0.2) is 5.78 Å². The molecule has 0 bridgehead atoms. The Labute approximate surface area is 94.1 Å². The molecule has 0 N–H and O–H groups in total. The predicted octanol–water partition coefficient (Wildman–Crippen LogP) is 2.75. The lowest BCUT2D eigenvalue weighted by Crippen LogP contribution is -1.99. The van der Waals surface area contributed by atoms with E-state index in [0.717, 1.165) is 22.3 Å². The molecule has 3 nitrogen and oxygen atoms in total. The maximum Gasteiger partial charge on any atom is 0.161 e. The Morgan fingerprint density at radius 1 is 1.31 bits per heavy atom. The van der Waals surface area contributed by atoms with E-state index in [9.17, 15) is 4.79 Å². The van der Waals surface area contributed by atoms with Gasteiger partial charge in [-0.3, -0.25) is 9.78 Å². The Bertz CT molecular complexity index is 561. The van der Waals surface area contributed by atoms with Crippen LogP contribution in [0.15, 0.2) is 24.3 Å². The second kappa shape index (κ2) is 3.93. The van der Waals surface area contributed by atoms with E-state index < -0.39 is 0 Å². The first kappa shape index (κ1) is 10.6. The van der Waals surface area contributed by atoms with E-state index in [4.69, 9.17) is 4.74 Å². The summed E-state index contributed by atoms with van der Waals surface area (Å²) in [6, 6.07) is 7.52. The van der Waals surface area contributed by atoms with Gasteiger partial charge in [-0.1, -0.05) is 0 Å². The number of ether oxygens (including phenoxy) is 1. The quantitative estimate of drug-likeness (QED) is 0.723. The first-order chi connectivity index (χ1) is 7.61. The summed E-state index contributed by atoms with van der Waals surface area (Å²) in [6.45, 7) is 3.40. The number of aromatic nitrogens is 1. The van der Waals surface area contributed by atoms with Crippen LogP contribution in [-0.4, -0.2) is 17.9 Å². The molecule has 3 heteroatoms. The lowest BCUT2D eigenvalue weighted by Gasteiger charge is -2.06. The normalized spacial score (nSPS) is 10.4. The van der Waals surface area contributed by atoms with Crippen molar-refractivity contribution in [2.45, 2.75) is 13.8 Å². The predicted molar refractivity (Wildman–Crippen MR) is 63.0 cm³/mol. The van der Waals surface area contributed by atoms with E-state index in [1.807, 2.05) is 31.2 Å². The van der Waals surface area contributed by atoms with Gasteiger partial charge < -0.3 is 4.74 Å². The number of aryl methyl sites for hydroxylation is 1. The summed E-state index contributed by atoms with van der Waals surface area (Å²) in [5.74, 6) is 0.817.